The van der Waals surface area contributed by atoms with Crippen molar-refractivity contribution >= 4 is 40.9 Å². The van der Waals surface area contributed by atoms with Crippen molar-refractivity contribution < 1.29 is 18.7 Å². The van der Waals surface area contributed by atoms with E-state index in [0.29, 0.717) is 27.7 Å². The normalized spacial score (nSPS) is 15.6. The van der Waals surface area contributed by atoms with E-state index >= 15 is 0 Å². The molecule has 1 aromatic heterocycles. The molecule has 1 aliphatic heterocycles. The number of fused-ring (bicyclic) bond motifs is 1. The molecule has 0 saturated carbocycles. The highest BCUT2D eigenvalue weighted by atomic mass is 35.5. The fourth-order valence-corrected chi connectivity index (χ4v) is 3.62. The lowest BCUT2D eigenvalue weighted by molar-refractivity contribution is -0.115. The molecule has 0 fully saturated rings. The molecule has 0 aliphatic carbocycles. The SMILES string of the molecule is CC1Sc2ccc(C(=O)OCc3nnc(-c4ccc(Cl)cc4)o3)cc2NC1=O. The summed E-state index contributed by atoms with van der Waals surface area (Å²) in [4.78, 5) is 25.0. The highest BCUT2D eigenvalue weighted by molar-refractivity contribution is 8.00. The molecule has 28 heavy (non-hydrogen) atoms. The average Bonchev–Trinajstić information content (AvgIpc) is 3.16. The van der Waals surface area contributed by atoms with Crippen LogP contribution in [-0.2, 0) is 16.1 Å². The molecule has 142 valence electrons. The number of anilines is 1. The second kappa shape index (κ2) is 7.65. The molecule has 1 unspecified atom stereocenters. The smallest absolute Gasteiger partial charge is 0.338 e. The van der Waals surface area contributed by atoms with E-state index in [1.54, 1.807) is 42.5 Å². The lowest BCUT2D eigenvalue weighted by Gasteiger charge is -2.21. The van der Waals surface area contributed by atoms with Gasteiger partial charge in [-0.3, -0.25) is 4.79 Å². The van der Waals surface area contributed by atoms with E-state index in [1.165, 1.54) is 11.8 Å². The van der Waals surface area contributed by atoms with Crippen LogP contribution < -0.4 is 5.32 Å². The standard InChI is InChI=1S/C19H14ClN3O4S/c1-10-17(24)21-14-8-12(4-7-15(14)28-10)19(25)26-9-16-22-23-18(27-16)11-2-5-13(20)6-3-11/h2-8,10H,9H2,1H3,(H,21,24). The topological polar surface area (TPSA) is 94.3 Å². The Hall–Kier alpha value is -2.84. The van der Waals surface area contributed by atoms with E-state index in [0.717, 1.165) is 4.90 Å². The lowest BCUT2D eigenvalue weighted by Crippen LogP contribution is -2.26. The fourth-order valence-electron chi connectivity index (χ4n) is 2.57. The van der Waals surface area contributed by atoms with Gasteiger partial charge in [0.1, 0.15) is 0 Å². The number of rotatable bonds is 4. The quantitative estimate of drug-likeness (QED) is 0.638. The Morgan fingerprint density at radius 2 is 2.04 bits per heavy atom. The van der Waals surface area contributed by atoms with Crippen molar-refractivity contribution in [2.75, 3.05) is 5.32 Å². The van der Waals surface area contributed by atoms with E-state index in [9.17, 15) is 9.59 Å². The zero-order valence-electron chi connectivity index (χ0n) is 14.6. The molecule has 2 aromatic carbocycles. The van der Waals surface area contributed by atoms with Crippen LogP contribution in [0.1, 0.15) is 23.2 Å². The van der Waals surface area contributed by atoms with Crippen LogP contribution in [0.5, 0.6) is 0 Å². The summed E-state index contributed by atoms with van der Waals surface area (Å²) in [5.41, 5.74) is 1.64. The number of aromatic nitrogens is 2. The molecular formula is C19H14ClN3O4S. The largest absolute Gasteiger partial charge is 0.452 e. The van der Waals surface area contributed by atoms with Gasteiger partial charge in [-0.25, -0.2) is 4.79 Å². The van der Waals surface area contributed by atoms with E-state index in [2.05, 4.69) is 15.5 Å². The van der Waals surface area contributed by atoms with Gasteiger partial charge in [-0.15, -0.1) is 22.0 Å². The van der Waals surface area contributed by atoms with Gasteiger partial charge in [0.25, 0.3) is 5.89 Å². The van der Waals surface area contributed by atoms with E-state index in [4.69, 9.17) is 20.8 Å². The Labute approximate surface area is 169 Å². The Balaban J connectivity index is 1.42. The zero-order valence-corrected chi connectivity index (χ0v) is 16.2. The molecule has 9 heteroatoms. The summed E-state index contributed by atoms with van der Waals surface area (Å²) in [6, 6.07) is 12.0. The van der Waals surface area contributed by atoms with E-state index < -0.39 is 5.97 Å². The third kappa shape index (κ3) is 3.88. The molecule has 1 N–H and O–H groups in total. The van der Waals surface area contributed by atoms with Crippen LogP contribution in [0.4, 0.5) is 5.69 Å². The number of hydrogen-bond acceptors (Lipinski definition) is 7. The number of amides is 1. The van der Waals surface area contributed by atoms with Crippen LogP contribution in [0.15, 0.2) is 51.8 Å². The number of carbonyl (C=O) groups excluding carboxylic acids is 2. The number of ether oxygens (including phenoxy) is 1. The van der Waals surface area contributed by atoms with Crippen LogP contribution >= 0.6 is 23.4 Å². The van der Waals surface area contributed by atoms with Crippen LogP contribution in [0.2, 0.25) is 5.02 Å². The first-order chi connectivity index (χ1) is 13.5. The van der Waals surface area contributed by atoms with E-state index in [1.807, 2.05) is 6.92 Å². The van der Waals surface area contributed by atoms with Crippen LogP contribution in [0, 0.1) is 0 Å². The molecular weight excluding hydrogens is 402 g/mol. The highest BCUT2D eigenvalue weighted by Gasteiger charge is 2.24. The summed E-state index contributed by atoms with van der Waals surface area (Å²) < 4.78 is 10.8. The second-order valence-electron chi connectivity index (χ2n) is 6.04. The Kier molecular flexibility index (Phi) is 5.06. The van der Waals surface area contributed by atoms with Gasteiger partial charge in [-0.2, -0.15) is 0 Å². The third-order valence-corrected chi connectivity index (χ3v) is 5.46. The van der Waals surface area contributed by atoms with Gasteiger partial charge < -0.3 is 14.5 Å². The van der Waals surface area contributed by atoms with Gasteiger partial charge in [0.2, 0.25) is 11.8 Å². The maximum Gasteiger partial charge on any atom is 0.338 e. The summed E-state index contributed by atoms with van der Waals surface area (Å²) >= 11 is 7.30. The molecule has 1 amide bonds. The molecule has 0 radical (unpaired) electrons. The van der Waals surface area contributed by atoms with Gasteiger partial charge in [0, 0.05) is 15.5 Å². The first kappa shape index (κ1) is 18.5. The number of nitrogens with zero attached hydrogens (tertiary/aromatic N) is 2. The van der Waals surface area contributed by atoms with Crippen molar-refractivity contribution in [3.63, 3.8) is 0 Å². The summed E-state index contributed by atoms with van der Waals surface area (Å²) in [6.07, 6.45) is 0. The number of carbonyl (C=O) groups is 2. The minimum Gasteiger partial charge on any atom is -0.452 e. The number of benzene rings is 2. The predicted molar refractivity (Wildman–Crippen MR) is 104 cm³/mol. The molecule has 0 saturated heterocycles. The minimum absolute atomic E-state index is 0.0939. The highest BCUT2D eigenvalue weighted by Crippen LogP contribution is 2.36. The Morgan fingerprint density at radius 3 is 2.82 bits per heavy atom. The monoisotopic (exact) mass is 415 g/mol. The van der Waals surface area contributed by atoms with Crippen molar-refractivity contribution in [1.29, 1.82) is 0 Å². The molecule has 0 spiro atoms. The Bertz CT molecular complexity index is 1050. The number of nitrogens with one attached hydrogen (secondary N) is 1. The summed E-state index contributed by atoms with van der Waals surface area (Å²) in [5.74, 6) is -0.158. The molecule has 0 bridgehead atoms. The Morgan fingerprint density at radius 1 is 1.25 bits per heavy atom. The molecule has 1 aliphatic rings. The number of esters is 1. The van der Waals surface area contributed by atoms with Crippen molar-refractivity contribution in [3.05, 3.63) is 58.9 Å². The zero-order chi connectivity index (χ0) is 19.7. The van der Waals surface area contributed by atoms with Gasteiger partial charge in [0.05, 0.1) is 16.5 Å². The lowest BCUT2D eigenvalue weighted by atomic mass is 10.2. The van der Waals surface area contributed by atoms with Crippen LogP contribution in [0.3, 0.4) is 0 Å². The van der Waals surface area contributed by atoms with Gasteiger partial charge >= 0.3 is 5.97 Å². The predicted octanol–water partition coefficient (Wildman–Crippen LogP) is 4.18. The van der Waals surface area contributed by atoms with Crippen molar-refractivity contribution in [2.45, 2.75) is 23.7 Å². The summed E-state index contributed by atoms with van der Waals surface area (Å²) in [7, 11) is 0. The van der Waals surface area contributed by atoms with Crippen LogP contribution in [-0.4, -0.2) is 27.3 Å². The van der Waals surface area contributed by atoms with Crippen molar-refractivity contribution in [1.82, 2.24) is 10.2 Å². The second-order valence-corrected chi connectivity index (χ2v) is 7.86. The minimum atomic E-state index is -0.549. The first-order valence-electron chi connectivity index (χ1n) is 8.36. The average molecular weight is 416 g/mol. The van der Waals surface area contributed by atoms with Crippen LogP contribution in [0.25, 0.3) is 11.5 Å². The van der Waals surface area contributed by atoms with Gasteiger partial charge in [0.15, 0.2) is 6.61 Å². The molecule has 1 atom stereocenters. The van der Waals surface area contributed by atoms with Gasteiger partial charge in [-0.05, 0) is 49.4 Å². The fraction of sp³-hybridized carbons (Fsp3) is 0.158. The number of hydrogen-bond donors (Lipinski definition) is 1. The molecule has 2 heterocycles. The molecule has 4 rings (SSSR count). The first-order valence-corrected chi connectivity index (χ1v) is 9.62. The van der Waals surface area contributed by atoms with Crippen molar-refractivity contribution in [2.24, 2.45) is 0 Å². The number of halogens is 1. The third-order valence-electron chi connectivity index (χ3n) is 4.03. The number of thioether (sulfide) groups is 1. The molecule has 7 nitrogen and oxygen atoms in total. The van der Waals surface area contributed by atoms with Gasteiger partial charge in [-0.1, -0.05) is 11.6 Å². The van der Waals surface area contributed by atoms with Crippen molar-refractivity contribution in [3.8, 4) is 11.5 Å². The maximum absolute atomic E-state index is 12.3. The summed E-state index contributed by atoms with van der Waals surface area (Å²) in [6.45, 7) is 1.67. The maximum atomic E-state index is 12.3. The summed E-state index contributed by atoms with van der Waals surface area (Å²) in [5, 5.41) is 11.0. The molecule has 3 aromatic rings. The van der Waals surface area contributed by atoms with E-state index in [-0.39, 0.29) is 23.7 Å².